The van der Waals surface area contributed by atoms with Gasteiger partial charge in [-0.25, -0.2) is 9.97 Å². The summed E-state index contributed by atoms with van der Waals surface area (Å²) in [4.78, 5) is 32.0. The Labute approximate surface area is 301 Å². The number of likely N-dealkylation sites (N-methyl/N-ethyl adjacent to an activating group) is 1. The molecule has 1 unspecified atom stereocenters. The molecule has 7 rings (SSSR count). The van der Waals surface area contributed by atoms with Crippen molar-refractivity contribution in [2.24, 2.45) is 0 Å². The van der Waals surface area contributed by atoms with Crippen molar-refractivity contribution >= 4 is 45.7 Å². The van der Waals surface area contributed by atoms with E-state index in [1.807, 2.05) is 85.2 Å². The molecule has 0 bridgehead atoms. The van der Waals surface area contributed by atoms with Gasteiger partial charge in [0.15, 0.2) is 0 Å². The Kier molecular flexibility index (Phi) is 10.2. The number of aromatic amines is 1. The molecule has 1 saturated heterocycles. The number of anilines is 1. The lowest BCUT2D eigenvalue weighted by molar-refractivity contribution is 0.102. The van der Waals surface area contributed by atoms with Gasteiger partial charge in [0.05, 0.1) is 30.4 Å². The Morgan fingerprint density at radius 2 is 1.70 bits per heavy atom. The number of ether oxygens (including phenoxy) is 1. The van der Waals surface area contributed by atoms with E-state index in [0.29, 0.717) is 39.5 Å². The molecule has 1 amide bonds. The number of piperazine rings is 1. The minimum atomic E-state index is -0.339. The molecule has 3 aromatic heterocycles. The largest absolute Gasteiger partial charge is 0.476 e. The van der Waals surface area contributed by atoms with Crippen LogP contribution in [0.15, 0.2) is 97.5 Å². The molecule has 0 radical (unpaired) electrons. The molecule has 50 heavy (non-hydrogen) atoms. The van der Waals surface area contributed by atoms with E-state index in [-0.39, 0.29) is 11.9 Å². The fourth-order valence-electron chi connectivity index (χ4n) is 6.51. The van der Waals surface area contributed by atoms with Crippen molar-refractivity contribution in [1.29, 1.82) is 0 Å². The first-order valence-corrected chi connectivity index (χ1v) is 17.6. The van der Waals surface area contributed by atoms with Crippen molar-refractivity contribution in [2.45, 2.75) is 19.4 Å². The quantitative estimate of drug-likeness (QED) is 0.132. The Hall–Kier alpha value is -4.67. The highest BCUT2D eigenvalue weighted by Gasteiger charge is 2.28. The maximum Gasteiger partial charge on any atom is 0.272 e. The predicted octanol–water partition coefficient (Wildman–Crippen LogP) is 8.28. The van der Waals surface area contributed by atoms with E-state index in [1.54, 1.807) is 12.3 Å². The van der Waals surface area contributed by atoms with Gasteiger partial charge >= 0.3 is 0 Å². The van der Waals surface area contributed by atoms with E-state index in [2.05, 4.69) is 43.6 Å². The molecule has 6 aromatic rings. The van der Waals surface area contributed by atoms with Crippen LogP contribution in [0.5, 0.6) is 5.88 Å². The predicted molar refractivity (Wildman–Crippen MR) is 201 cm³/mol. The topological polar surface area (TPSA) is 91.3 Å². The van der Waals surface area contributed by atoms with Crippen LogP contribution in [0.1, 0.15) is 35.4 Å². The smallest absolute Gasteiger partial charge is 0.272 e. The Balaban J connectivity index is 1.24. The number of fused-ring (bicyclic) bond motifs is 1. The van der Waals surface area contributed by atoms with Crippen LogP contribution in [0.3, 0.4) is 0 Å². The van der Waals surface area contributed by atoms with Gasteiger partial charge in [-0.3, -0.25) is 4.79 Å². The Bertz CT molecular complexity index is 2090. The standard InChI is InChI=1S/C39H39Cl2N7O2/c1-26(27-11-13-29(40)14-12-27)48-25-43-35(28-8-4-3-5-9-28)37(48)34-31-16-15-30(41)24-33(31)44-36(34)38(49)45-32-10-6-17-42-39(32)50-23-7-18-47-21-19-46(2)20-22-47/h3-6,8-17,24-26,44H,7,18-23H2,1-2H3,(H,45,49). The highest BCUT2D eigenvalue weighted by molar-refractivity contribution is 6.31. The van der Waals surface area contributed by atoms with E-state index in [1.165, 1.54) is 0 Å². The van der Waals surface area contributed by atoms with Crippen molar-refractivity contribution in [2.75, 3.05) is 51.7 Å². The summed E-state index contributed by atoms with van der Waals surface area (Å²) in [6, 6.07) is 26.9. The fraction of sp³-hybridized carbons (Fsp3) is 0.256. The van der Waals surface area contributed by atoms with Crippen molar-refractivity contribution < 1.29 is 9.53 Å². The molecule has 1 aliphatic rings. The summed E-state index contributed by atoms with van der Waals surface area (Å²) in [6.45, 7) is 7.82. The monoisotopic (exact) mass is 707 g/mol. The molecule has 4 heterocycles. The van der Waals surface area contributed by atoms with Gasteiger partial charge in [0.2, 0.25) is 5.88 Å². The van der Waals surface area contributed by atoms with Crippen molar-refractivity contribution in [1.82, 2.24) is 29.3 Å². The number of amides is 1. The number of carbonyl (C=O) groups excluding carboxylic acids is 1. The molecule has 0 spiro atoms. The van der Waals surface area contributed by atoms with Gasteiger partial charge in [-0.2, -0.15) is 0 Å². The van der Waals surface area contributed by atoms with Gasteiger partial charge in [-0.05, 0) is 62.4 Å². The number of hydrogen-bond donors (Lipinski definition) is 2. The third-order valence-corrected chi connectivity index (χ3v) is 9.79. The second-order valence-corrected chi connectivity index (χ2v) is 13.5. The maximum atomic E-state index is 14.4. The second-order valence-electron chi connectivity index (χ2n) is 12.7. The molecule has 1 atom stereocenters. The summed E-state index contributed by atoms with van der Waals surface area (Å²) in [5.41, 5.74) is 5.83. The zero-order chi connectivity index (χ0) is 34.6. The van der Waals surface area contributed by atoms with E-state index in [0.717, 1.165) is 72.6 Å². The summed E-state index contributed by atoms with van der Waals surface area (Å²) in [5, 5.41) is 5.16. The normalized spacial score (nSPS) is 14.6. The maximum absolute atomic E-state index is 14.4. The lowest BCUT2D eigenvalue weighted by Crippen LogP contribution is -2.44. The Morgan fingerprint density at radius 3 is 2.48 bits per heavy atom. The molecular weight excluding hydrogens is 669 g/mol. The van der Waals surface area contributed by atoms with E-state index >= 15 is 0 Å². The van der Waals surface area contributed by atoms with Gasteiger partial charge in [0.25, 0.3) is 5.91 Å². The number of hydrogen-bond acceptors (Lipinski definition) is 6. The molecular formula is C39H39Cl2N7O2. The molecule has 0 saturated carbocycles. The molecule has 1 aliphatic heterocycles. The second kappa shape index (κ2) is 15.1. The van der Waals surface area contributed by atoms with Gasteiger partial charge in [0, 0.05) is 71.0 Å². The SMILES string of the molecule is CC(c1ccc(Cl)cc1)n1cnc(-c2ccccc2)c1-c1c(C(=O)Nc2cccnc2OCCCN2CCN(C)CC2)[nH]c2cc(Cl)ccc12. The van der Waals surface area contributed by atoms with Crippen LogP contribution in [0.25, 0.3) is 33.4 Å². The average molecular weight is 709 g/mol. The molecule has 3 aromatic carbocycles. The number of rotatable bonds is 11. The minimum absolute atomic E-state index is 0.135. The summed E-state index contributed by atoms with van der Waals surface area (Å²) >= 11 is 12.7. The third kappa shape index (κ3) is 7.27. The number of aromatic nitrogens is 4. The minimum Gasteiger partial charge on any atom is -0.476 e. The lowest BCUT2D eigenvalue weighted by Gasteiger charge is -2.32. The fourth-order valence-corrected chi connectivity index (χ4v) is 6.81. The lowest BCUT2D eigenvalue weighted by atomic mass is 9.99. The van der Waals surface area contributed by atoms with Crippen LogP contribution >= 0.6 is 23.2 Å². The van der Waals surface area contributed by atoms with Crippen LogP contribution in [-0.4, -0.2) is 81.6 Å². The molecule has 256 valence electrons. The van der Waals surface area contributed by atoms with E-state index < -0.39 is 0 Å². The average Bonchev–Trinajstić information content (AvgIpc) is 3.73. The van der Waals surface area contributed by atoms with Crippen LogP contribution in [0, 0.1) is 0 Å². The Morgan fingerprint density at radius 1 is 0.940 bits per heavy atom. The van der Waals surface area contributed by atoms with Crippen molar-refractivity contribution in [3.8, 4) is 28.4 Å². The molecule has 0 aliphatic carbocycles. The zero-order valence-corrected chi connectivity index (χ0v) is 29.6. The molecule has 1 fully saturated rings. The number of imidazole rings is 1. The number of nitrogens with zero attached hydrogens (tertiary/aromatic N) is 5. The summed E-state index contributed by atoms with van der Waals surface area (Å²) in [6.07, 6.45) is 4.37. The van der Waals surface area contributed by atoms with E-state index in [9.17, 15) is 4.79 Å². The van der Waals surface area contributed by atoms with Crippen molar-refractivity contribution in [3.05, 3.63) is 119 Å². The number of H-pyrrole nitrogens is 1. The first-order chi connectivity index (χ1) is 24.4. The van der Waals surface area contributed by atoms with Crippen LogP contribution in [0.4, 0.5) is 5.69 Å². The van der Waals surface area contributed by atoms with Crippen LogP contribution in [0.2, 0.25) is 10.0 Å². The number of benzene rings is 3. The number of pyridine rings is 1. The third-order valence-electron chi connectivity index (χ3n) is 9.31. The van der Waals surface area contributed by atoms with Crippen LogP contribution in [-0.2, 0) is 0 Å². The van der Waals surface area contributed by atoms with Gasteiger partial charge in [0.1, 0.15) is 11.4 Å². The highest BCUT2D eigenvalue weighted by Crippen LogP contribution is 2.41. The molecule has 2 N–H and O–H groups in total. The first kappa shape index (κ1) is 33.8. The van der Waals surface area contributed by atoms with Crippen LogP contribution < -0.4 is 10.1 Å². The summed E-state index contributed by atoms with van der Waals surface area (Å²) in [7, 11) is 2.16. The summed E-state index contributed by atoms with van der Waals surface area (Å²) < 4.78 is 8.24. The van der Waals surface area contributed by atoms with Gasteiger partial charge in [-0.15, -0.1) is 0 Å². The van der Waals surface area contributed by atoms with E-state index in [4.69, 9.17) is 32.9 Å². The number of nitrogens with one attached hydrogen (secondary N) is 2. The highest BCUT2D eigenvalue weighted by atomic mass is 35.5. The van der Waals surface area contributed by atoms with Crippen molar-refractivity contribution in [3.63, 3.8) is 0 Å². The first-order valence-electron chi connectivity index (χ1n) is 16.8. The molecule has 9 nitrogen and oxygen atoms in total. The summed E-state index contributed by atoms with van der Waals surface area (Å²) in [5.74, 6) is 0.0415. The number of halogens is 2. The van der Waals surface area contributed by atoms with Gasteiger partial charge < -0.3 is 29.4 Å². The number of carbonyl (C=O) groups is 1. The molecule has 11 heteroatoms. The van der Waals surface area contributed by atoms with Gasteiger partial charge in [-0.1, -0.05) is 71.7 Å². The zero-order valence-electron chi connectivity index (χ0n) is 28.1.